The lowest BCUT2D eigenvalue weighted by atomic mass is 10.3. The molecule has 0 aromatic carbocycles. The maximum Gasteiger partial charge on any atom is 0.320 e. The SMILES string of the molecule is C=CC(C)N1CCN(C)C1=O.CC.CCC. The maximum atomic E-state index is 11.3. The monoisotopic (exact) mass is 228 g/mol. The van der Waals surface area contributed by atoms with Crippen molar-refractivity contribution in [3.05, 3.63) is 12.7 Å². The van der Waals surface area contributed by atoms with Gasteiger partial charge < -0.3 is 9.80 Å². The van der Waals surface area contributed by atoms with Crippen LogP contribution >= 0.6 is 0 Å². The minimum atomic E-state index is 0.109. The molecule has 1 aliphatic heterocycles. The van der Waals surface area contributed by atoms with Crippen molar-refractivity contribution in [1.29, 1.82) is 0 Å². The van der Waals surface area contributed by atoms with Crippen molar-refractivity contribution < 1.29 is 4.79 Å². The van der Waals surface area contributed by atoms with E-state index in [9.17, 15) is 4.79 Å². The zero-order valence-corrected chi connectivity index (χ0v) is 11.8. The van der Waals surface area contributed by atoms with Crippen molar-refractivity contribution in [1.82, 2.24) is 9.80 Å². The second-order valence-electron chi connectivity index (χ2n) is 3.58. The third-order valence-corrected chi connectivity index (χ3v) is 2.08. The molecule has 96 valence electrons. The third kappa shape index (κ3) is 5.79. The fraction of sp³-hybridized carbons (Fsp3) is 0.769. The lowest BCUT2D eigenvalue weighted by Gasteiger charge is -2.20. The number of carbonyl (C=O) groups is 1. The maximum absolute atomic E-state index is 11.3. The Morgan fingerprint density at radius 2 is 1.81 bits per heavy atom. The number of hydrogen-bond donors (Lipinski definition) is 0. The highest BCUT2D eigenvalue weighted by Crippen LogP contribution is 2.10. The molecule has 1 atom stereocenters. The van der Waals surface area contributed by atoms with Crippen LogP contribution in [0.15, 0.2) is 12.7 Å². The highest BCUT2D eigenvalue weighted by molar-refractivity contribution is 5.76. The molecule has 1 aliphatic rings. The second kappa shape index (κ2) is 10.5. The van der Waals surface area contributed by atoms with Crippen molar-refractivity contribution in [2.45, 2.75) is 47.1 Å². The predicted octanol–water partition coefficient (Wildman–Crippen LogP) is 3.37. The molecule has 0 bridgehead atoms. The molecule has 0 aromatic rings. The predicted molar refractivity (Wildman–Crippen MR) is 71.7 cm³/mol. The van der Waals surface area contributed by atoms with Crippen LogP contribution in [0.2, 0.25) is 0 Å². The van der Waals surface area contributed by atoms with Gasteiger partial charge >= 0.3 is 6.03 Å². The van der Waals surface area contributed by atoms with Gasteiger partial charge in [0, 0.05) is 26.2 Å². The Morgan fingerprint density at radius 1 is 1.38 bits per heavy atom. The summed E-state index contributed by atoms with van der Waals surface area (Å²) in [4.78, 5) is 14.8. The first kappa shape index (κ1) is 17.4. The average molecular weight is 228 g/mol. The largest absolute Gasteiger partial charge is 0.326 e. The van der Waals surface area contributed by atoms with E-state index in [1.54, 1.807) is 11.0 Å². The van der Waals surface area contributed by atoms with Gasteiger partial charge in [0.2, 0.25) is 0 Å². The molecule has 1 saturated heterocycles. The van der Waals surface area contributed by atoms with Crippen molar-refractivity contribution >= 4 is 6.03 Å². The quantitative estimate of drug-likeness (QED) is 0.665. The Hall–Kier alpha value is -0.990. The summed E-state index contributed by atoms with van der Waals surface area (Å²) in [5.41, 5.74) is 0. The lowest BCUT2D eigenvalue weighted by molar-refractivity contribution is 0.193. The van der Waals surface area contributed by atoms with E-state index >= 15 is 0 Å². The first-order valence-corrected chi connectivity index (χ1v) is 6.22. The number of urea groups is 1. The summed E-state index contributed by atoms with van der Waals surface area (Å²) in [6.45, 7) is 15.5. The van der Waals surface area contributed by atoms with Gasteiger partial charge in [0.1, 0.15) is 0 Å². The summed E-state index contributed by atoms with van der Waals surface area (Å²) < 4.78 is 0. The molecule has 0 aromatic heterocycles. The Bertz CT molecular complexity index is 192. The molecule has 16 heavy (non-hydrogen) atoms. The highest BCUT2D eigenvalue weighted by atomic mass is 16.2. The van der Waals surface area contributed by atoms with Crippen molar-refractivity contribution in [3.8, 4) is 0 Å². The second-order valence-corrected chi connectivity index (χ2v) is 3.58. The molecule has 0 radical (unpaired) electrons. The number of likely N-dealkylation sites (N-methyl/N-ethyl adjacent to an activating group) is 1. The van der Waals surface area contributed by atoms with E-state index in [-0.39, 0.29) is 12.1 Å². The number of amides is 2. The molecule has 3 nitrogen and oxygen atoms in total. The molecule has 0 N–H and O–H groups in total. The van der Waals surface area contributed by atoms with Crippen molar-refractivity contribution in [3.63, 3.8) is 0 Å². The van der Waals surface area contributed by atoms with E-state index in [4.69, 9.17) is 0 Å². The van der Waals surface area contributed by atoms with Crippen LogP contribution in [0.4, 0.5) is 4.79 Å². The summed E-state index contributed by atoms with van der Waals surface area (Å²) in [6, 6.07) is 0.268. The fourth-order valence-corrected chi connectivity index (χ4v) is 1.17. The molecule has 3 heteroatoms. The standard InChI is InChI=1S/C8H14N2O.C3H8.C2H6/c1-4-7(2)10-6-5-9(3)8(10)11;1-3-2;1-2/h4,7H,1,5-6H2,2-3H3;3H2,1-2H3;1-2H3. The normalized spacial score (nSPS) is 15.8. The zero-order chi connectivity index (χ0) is 13.1. The molecule has 1 heterocycles. The van der Waals surface area contributed by atoms with Gasteiger partial charge in [0.15, 0.2) is 0 Å². The van der Waals surface area contributed by atoms with Gasteiger partial charge in [-0.1, -0.05) is 40.2 Å². The van der Waals surface area contributed by atoms with Gasteiger partial charge in [0.05, 0.1) is 0 Å². The van der Waals surface area contributed by atoms with Gasteiger partial charge in [-0.05, 0) is 6.92 Å². The van der Waals surface area contributed by atoms with Gasteiger partial charge in [-0.3, -0.25) is 0 Å². The average Bonchev–Trinajstić information content (AvgIpc) is 2.63. The van der Waals surface area contributed by atoms with E-state index in [2.05, 4.69) is 20.4 Å². The smallest absolute Gasteiger partial charge is 0.320 e. The van der Waals surface area contributed by atoms with E-state index in [0.29, 0.717) is 0 Å². The van der Waals surface area contributed by atoms with Crippen LogP contribution in [0.25, 0.3) is 0 Å². The zero-order valence-electron chi connectivity index (χ0n) is 11.8. The number of carbonyl (C=O) groups excluding carboxylic acids is 1. The lowest BCUT2D eigenvalue weighted by Crippen LogP contribution is -2.35. The van der Waals surface area contributed by atoms with E-state index in [0.717, 1.165) is 13.1 Å². The summed E-state index contributed by atoms with van der Waals surface area (Å²) in [5, 5.41) is 0. The van der Waals surface area contributed by atoms with Gasteiger partial charge in [-0.25, -0.2) is 4.79 Å². The molecule has 2 amide bonds. The number of nitrogens with zero attached hydrogens (tertiary/aromatic N) is 2. The molecule has 1 rings (SSSR count). The Morgan fingerprint density at radius 3 is 2.06 bits per heavy atom. The highest BCUT2D eigenvalue weighted by Gasteiger charge is 2.27. The minimum Gasteiger partial charge on any atom is -0.326 e. The summed E-state index contributed by atoms with van der Waals surface area (Å²) in [6.07, 6.45) is 3.04. The molecule has 0 spiro atoms. The molecule has 0 saturated carbocycles. The summed E-state index contributed by atoms with van der Waals surface area (Å²) in [5.74, 6) is 0. The van der Waals surface area contributed by atoms with Crippen LogP contribution in [0, 0.1) is 0 Å². The first-order valence-electron chi connectivity index (χ1n) is 6.22. The number of hydrogen-bond acceptors (Lipinski definition) is 1. The summed E-state index contributed by atoms with van der Waals surface area (Å²) in [7, 11) is 1.82. The number of rotatable bonds is 2. The topological polar surface area (TPSA) is 23.6 Å². The molecule has 0 aliphatic carbocycles. The van der Waals surface area contributed by atoms with Crippen LogP contribution in [-0.2, 0) is 0 Å². The molecular weight excluding hydrogens is 200 g/mol. The van der Waals surface area contributed by atoms with Crippen LogP contribution in [-0.4, -0.2) is 42.0 Å². The van der Waals surface area contributed by atoms with Crippen molar-refractivity contribution in [2.24, 2.45) is 0 Å². The molecular formula is C13H28N2O. The first-order chi connectivity index (χ1) is 7.58. The van der Waals surface area contributed by atoms with Gasteiger partial charge in [0.25, 0.3) is 0 Å². The van der Waals surface area contributed by atoms with Gasteiger partial charge in [-0.15, -0.1) is 6.58 Å². The Labute approximate surface area is 101 Å². The minimum absolute atomic E-state index is 0.109. The Balaban J connectivity index is 0. The van der Waals surface area contributed by atoms with Crippen LogP contribution in [0.1, 0.15) is 41.0 Å². The van der Waals surface area contributed by atoms with Crippen LogP contribution in [0.5, 0.6) is 0 Å². The molecule has 1 fully saturated rings. The van der Waals surface area contributed by atoms with E-state index in [1.165, 1.54) is 6.42 Å². The van der Waals surface area contributed by atoms with E-state index in [1.807, 2.05) is 32.7 Å². The summed E-state index contributed by atoms with van der Waals surface area (Å²) >= 11 is 0. The van der Waals surface area contributed by atoms with Crippen LogP contribution < -0.4 is 0 Å². The van der Waals surface area contributed by atoms with E-state index < -0.39 is 0 Å². The third-order valence-electron chi connectivity index (χ3n) is 2.08. The Kier molecular flexibility index (Phi) is 11.5. The fourth-order valence-electron chi connectivity index (χ4n) is 1.17. The van der Waals surface area contributed by atoms with Crippen LogP contribution in [0.3, 0.4) is 0 Å². The molecule has 1 unspecified atom stereocenters. The van der Waals surface area contributed by atoms with Gasteiger partial charge in [-0.2, -0.15) is 0 Å². The van der Waals surface area contributed by atoms with Crippen molar-refractivity contribution in [2.75, 3.05) is 20.1 Å².